The van der Waals surface area contributed by atoms with Crippen molar-refractivity contribution in [2.75, 3.05) is 0 Å². The fourth-order valence-corrected chi connectivity index (χ4v) is 2.02. The average molecular weight is 312 g/mol. The van der Waals surface area contributed by atoms with E-state index in [1.54, 1.807) is 18.2 Å². The third-order valence-electron chi connectivity index (χ3n) is 3.07. The van der Waals surface area contributed by atoms with Crippen LogP contribution in [0.4, 0.5) is 0 Å². The molecule has 1 aromatic carbocycles. The van der Waals surface area contributed by atoms with Crippen LogP contribution in [0.25, 0.3) is 0 Å². The molecule has 0 N–H and O–H groups in total. The van der Waals surface area contributed by atoms with E-state index in [1.807, 2.05) is 32.9 Å². The highest BCUT2D eigenvalue weighted by molar-refractivity contribution is 5.96. The number of carbonyl (C=O) groups is 2. The molecule has 0 radical (unpaired) electrons. The van der Waals surface area contributed by atoms with Gasteiger partial charge in [-0.15, -0.1) is 6.58 Å². The van der Waals surface area contributed by atoms with Gasteiger partial charge < -0.3 is 4.74 Å². The van der Waals surface area contributed by atoms with Crippen molar-refractivity contribution in [3.63, 3.8) is 0 Å². The van der Waals surface area contributed by atoms with Gasteiger partial charge in [-0.05, 0) is 40.2 Å². The predicted molar refractivity (Wildman–Crippen MR) is 92.1 cm³/mol. The average Bonchev–Trinajstić information content (AvgIpc) is 2.44. The number of ether oxygens (including phenoxy) is 1. The summed E-state index contributed by atoms with van der Waals surface area (Å²) < 4.78 is 5.41. The van der Waals surface area contributed by atoms with E-state index in [2.05, 4.69) is 18.4 Å². The minimum absolute atomic E-state index is 0.0234. The Labute approximate surface area is 138 Å². The number of Topliss-reactive ketones (excluding diaryl/α,β-unsaturated/α-hetero) is 1. The highest BCUT2D eigenvalue weighted by Crippen LogP contribution is 2.17. The van der Waals surface area contributed by atoms with Gasteiger partial charge in [0.05, 0.1) is 5.92 Å². The van der Waals surface area contributed by atoms with E-state index in [4.69, 9.17) is 4.74 Å². The highest BCUT2D eigenvalue weighted by Gasteiger charge is 2.23. The first-order chi connectivity index (χ1) is 10.7. The number of hydrogen-bond acceptors (Lipinski definition) is 3. The van der Waals surface area contributed by atoms with Crippen LogP contribution in [0.5, 0.6) is 0 Å². The Balaban J connectivity index is 2.87. The topological polar surface area (TPSA) is 43.4 Å². The van der Waals surface area contributed by atoms with Crippen LogP contribution in [0.15, 0.2) is 36.9 Å². The van der Waals surface area contributed by atoms with Crippen molar-refractivity contribution >= 4 is 11.8 Å². The van der Waals surface area contributed by atoms with E-state index in [1.165, 1.54) is 6.92 Å². The molecule has 0 bridgehead atoms. The van der Waals surface area contributed by atoms with E-state index < -0.39 is 5.60 Å². The predicted octanol–water partition coefficient (Wildman–Crippen LogP) is 4.16. The van der Waals surface area contributed by atoms with Gasteiger partial charge in [-0.2, -0.15) is 0 Å². The maximum atomic E-state index is 12.2. The molecule has 3 nitrogen and oxygen atoms in total. The maximum Gasteiger partial charge on any atom is 0.310 e. The summed E-state index contributed by atoms with van der Waals surface area (Å²) in [5.74, 6) is 5.35. The molecule has 0 aliphatic carbocycles. The second kappa shape index (κ2) is 8.33. The van der Waals surface area contributed by atoms with Crippen molar-refractivity contribution < 1.29 is 14.3 Å². The minimum atomic E-state index is -0.523. The van der Waals surface area contributed by atoms with E-state index >= 15 is 0 Å². The van der Waals surface area contributed by atoms with Gasteiger partial charge >= 0.3 is 5.97 Å². The van der Waals surface area contributed by atoms with Crippen LogP contribution in [-0.4, -0.2) is 17.4 Å². The maximum absolute atomic E-state index is 12.2. The normalized spacial score (nSPS) is 11.8. The van der Waals surface area contributed by atoms with Gasteiger partial charge in [0, 0.05) is 17.5 Å². The molecule has 1 atom stereocenters. The zero-order chi connectivity index (χ0) is 17.5. The Kier molecular flexibility index (Phi) is 6.78. The standard InChI is InChI=1S/C20H24O3/c1-6-10-17(19(22)23-20(3,4)5)13-9-12-16-11-7-8-14-18(16)15(2)21/h6-8,11,14,17H,1,10,13H2,2-5H3. The Bertz CT molecular complexity index is 639. The molecule has 0 spiro atoms. The van der Waals surface area contributed by atoms with Crippen LogP contribution >= 0.6 is 0 Å². The molecule has 0 amide bonds. The number of rotatable bonds is 5. The minimum Gasteiger partial charge on any atom is -0.460 e. The zero-order valence-corrected chi connectivity index (χ0v) is 14.3. The molecule has 1 rings (SSSR count). The van der Waals surface area contributed by atoms with Crippen LogP contribution in [0, 0.1) is 17.8 Å². The number of allylic oxidation sites excluding steroid dienone is 1. The van der Waals surface area contributed by atoms with Crippen LogP contribution in [0.1, 0.15) is 56.5 Å². The van der Waals surface area contributed by atoms with Crippen LogP contribution in [0.2, 0.25) is 0 Å². The van der Waals surface area contributed by atoms with Crippen molar-refractivity contribution in [1.82, 2.24) is 0 Å². The first-order valence-electron chi connectivity index (χ1n) is 7.67. The van der Waals surface area contributed by atoms with Crippen molar-refractivity contribution in [2.45, 2.75) is 46.1 Å². The summed E-state index contributed by atoms with van der Waals surface area (Å²) in [6, 6.07) is 7.20. The molecule has 1 aromatic rings. The van der Waals surface area contributed by atoms with Crippen LogP contribution in [-0.2, 0) is 9.53 Å². The number of carbonyl (C=O) groups excluding carboxylic acids is 2. The van der Waals surface area contributed by atoms with Gasteiger partial charge in [-0.1, -0.05) is 36.1 Å². The molecule has 0 aromatic heterocycles. The number of esters is 1. The quantitative estimate of drug-likeness (QED) is 0.355. The molecule has 0 saturated carbocycles. The van der Waals surface area contributed by atoms with Crippen molar-refractivity contribution in [2.24, 2.45) is 5.92 Å². The lowest BCUT2D eigenvalue weighted by Crippen LogP contribution is -2.28. The number of ketones is 1. The Morgan fingerprint density at radius 3 is 2.52 bits per heavy atom. The largest absolute Gasteiger partial charge is 0.460 e. The summed E-state index contributed by atoms with van der Waals surface area (Å²) >= 11 is 0. The molecule has 3 heteroatoms. The van der Waals surface area contributed by atoms with Crippen LogP contribution in [0.3, 0.4) is 0 Å². The lowest BCUT2D eigenvalue weighted by Gasteiger charge is -2.22. The van der Waals surface area contributed by atoms with Gasteiger partial charge in [-0.25, -0.2) is 0 Å². The molecule has 122 valence electrons. The molecule has 0 aliphatic rings. The first-order valence-corrected chi connectivity index (χ1v) is 7.67. The second-order valence-corrected chi connectivity index (χ2v) is 6.36. The lowest BCUT2D eigenvalue weighted by atomic mass is 10.00. The zero-order valence-electron chi connectivity index (χ0n) is 14.3. The monoisotopic (exact) mass is 312 g/mol. The van der Waals surface area contributed by atoms with Crippen molar-refractivity contribution in [3.05, 3.63) is 48.0 Å². The van der Waals surface area contributed by atoms with E-state index in [0.717, 1.165) is 0 Å². The fraction of sp³-hybridized carbons (Fsp3) is 0.400. The summed E-state index contributed by atoms with van der Waals surface area (Å²) in [6.07, 6.45) is 2.57. The lowest BCUT2D eigenvalue weighted by molar-refractivity contribution is -0.159. The first kappa shape index (κ1) is 18.7. The SMILES string of the molecule is C=CCC(CC#Cc1ccccc1C(C)=O)C(=O)OC(C)(C)C. The number of hydrogen-bond donors (Lipinski definition) is 0. The molecule has 0 aliphatic heterocycles. The summed E-state index contributed by atoms with van der Waals surface area (Å²) in [6.45, 7) is 10.7. The summed E-state index contributed by atoms with van der Waals surface area (Å²) in [5.41, 5.74) is 0.754. The van der Waals surface area contributed by atoms with Gasteiger partial charge in [-0.3, -0.25) is 9.59 Å². The Hall–Kier alpha value is -2.34. The van der Waals surface area contributed by atoms with Crippen LogP contribution < -0.4 is 0 Å². The van der Waals surface area contributed by atoms with Gasteiger partial charge in [0.2, 0.25) is 0 Å². The van der Waals surface area contributed by atoms with E-state index in [-0.39, 0.29) is 17.7 Å². The molecule has 1 unspecified atom stereocenters. The van der Waals surface area contributed by atoms with Gasteiger partial charge in [0.1, 0.15) is 5.60 Å². The Morgan fingerprint density at radius 1 is 1.30 bits per heavy atom. The Morgan fingerprint density at radius 2 is 1.96 bits per heavy atom. The third kappa shape index (κ3) is 6.52. The van der Waals surface area contributed by atoms with E-state index in [9.17, 15) is 9.59 Å². The second-order valence-electron chi connectivity index (χ2n) is 6.36. The summed E-state index contributed by atoms with van der Waals surface area (Å²) in [5, 5.41) is 0. The van der Waals surface area contributed by atoms with Crippen molar-refractivity contribution in [3.8, 4) is 11.8 Å². The summed E-state index contributed by atoms with van der Waals surface area (Å²) in [4.78, 5) is 23.7. The smallest absolute Gasteiger partial charge is 0.310 e. The highest BCUT2D eigenvalue weighted by atomic mass is 16.6. The molecule has 0 saturated heterocycles. The third-order valence-corrected chi connectivity index (χ3v) is 3.07. The van der Waals surface area contributed by atoms with Gasteiger partial charge in [0.25, 0.3) is 0 Å². The molecule has 0 heterocycles. The van der Waals surface area contributed by atoms with E-state index in [0.29, 0.717) is 24.0 Å². The fourth-order valence-electron chi connectivity index (χ4n) is 2.02. The van der Waals surface area contributed by atoms with Crippen molar-refractivity contribution in [1.29, 1.82) is 0 Å². The van der Waals surface area contributed by atoms with Gasteiger partial charge in [0.15, 0.2) is 5.78 Å². The summed E-state index contributed by atoms with van der Waals surface area (Å²) in [7, 11) is 0. The molecule has 23 heavy (non-hydrogen) atoms. The molecular formula is C20H24O3. The molecule has 0 fully saturated rings. The number of benzene rings is 1. The molecular weight excluding hydrogens is 288 g/mol.